The van der Waals surface area contributed by atoms with Crippen LogP contribution in [-0.2, 0) is 14.3 Å². The lowest BCUT2D eigenvalue weighted by molar-refractivity contribution is -0.138. The van der Waals surface area contributed by atoms with Gasteiger partial charge in [0.05, 0.1) is 36.9 Å². The van der Waals surface area contributed by atoms with Crippen molar-refractivity contribution >= 4 is 34.8 Å². The minimum absolute atomic E-state index is 0.0428. The molecule has 0 saturated carbocycles. The van der Waals surface area contributed by atoms with E-state index in [4.69, 9.17) is 15.2 Å². The highest BCUT2D eigenvalue weighted by molar-refractivity contribution is 6.04. The number of nitrogens with two attached hydrogens (primary N) is 1. The molecule has 3 rings (SSSR count). The summed E-state index contributed by atoms with van der Waals surface area (Å²) in [5, 5.41) is 9.97. The number of para-hydroxylation sites is 1. The van der Waals surface area contributed by atoms with E-state index in [1.807, 2.05) is 13.8 Å². The Bertz CT molecular complexity index is 1200. The number of carbonyl (C=O) groups excluding carboxylic acids is 3. The molecule has 1 fully saturated rings. The fourth-order valence-electron chi connectivity index (χ4n) is 5.02. The smallest absolute Gasteiger partial charge is 0.410 e. The Morgan fingerprint density at radius 1 is 1.18 bits per heavy atom. The average Bonchev–Trinajstić information content (AvgIpc) is 2.87. The summed E-state index contributed by atoms with van der Waals surface area (Å²) < 4.78 is 10.8. The highest BCUT2D eigenvalue weighted by Gasteiger charge is 2.38. The fraction of sp³-hybridized carbons (Fsp3) is 0.519. The number of hydrogen-bond donors (Lipinski definition) is 2. The molecule has 0 spiro atoms. The van der Waals surface area contributed by atoms with Gasteiger partial charge in [-0.25, -0.2) is 4.79 Å². The van der Waals surface area contributed by atoms with Gasteiger partial charge in [0.25, 0.3) is 5.91 Å². The van der Waals surface area contributed by atoms with E-state index in [1.54, 1.807) is 41.0 Å². The van der Waals surface area contributed by atoms with Gasteiger partial charge in [-0.1, -0.05) is 26.0 Å². The topological polar surface area (TPSA) is 152 Å². The monoisotopic (exact) mass is 528 g/mol. The predicted octanol–water partition coefficient (Wildman–Crippen LogP) is 3.01. The summed E-state index contributed by atoms with van der Waals surface area (Å²) in [7, 11) is 1.40. The second-order valence-corrected chi connectivity index (χ2v) is 9.73. The van der Waals surface area contributed by atoms with E-state index in [1.165, 1.54) is 7.11 Å². The molecular weight excluding hydrogens is 492 g/mol. The minimum Gasteiger partial charge on any atom is -0.495 e. The van der Waals surface area contributed by atoms with Crippen LogP contribution in [0.25, 0.3) is 10.9 Å². The van der Waals surface area contributed by atoms with Crippen LogP contribution < -0.4 is 10.5 Å². The van der Waals surface area contributed by atoms with Crippen LogP contribution in [0.15, 0.2) is 24.3 Å². The molecule has 3 amide bonds. The molecule has 206 valence electrons. The molecule has 11 heteroatoms. The highest BCUT2D eigenvalue weighted by atomic mass is 16.6. The Morgan fingerprint density at radius 3 is 2.50 bits per heavy atom. The van der Waals surface area contributed by atoms with Crippen molar-refractivity contribution in [2.45, 2.75) is 52.0 Å². The first kappa shape index (κ1) is 28.7. The number of aliphatic carboxylic acids is 1. The zero-order valence-corrected chi connectivity index (χ0v) is 22.3. The quantitative estimate of drug-likeness (QED) is 0.477. The molecule has 2 atom stereocenters. The number of fused-ring (bicyclic) bond motifs is 1. The molecule has 2 unspecified atom stereocenters. The van der Waals surface area contributed by atoms with Crippen LogP contribution in [0.3, 0.4) is 0 Å². The number of primary amides is 1. The van der Waals surface area contributed by atoms with Gasteiger partial charge in [-0.15, -0.1) is 0 Å². The number of methoxy groups -OCH3 is 1. The number of carbonyl (C=O) groups is 4. The van der Waals surface area contributed by atoms with Crippen molar-refractivity contribution < 1.29 is 33.8 Å². The van der Waals surface area contributed by atoms with E-state index in [0.29, 0.717) is 17.3 Å². The maximum Gasteiger partial charge on any atom is 0.410 e. The van der Waals surface area contributed by atoms with Crippen LogP contribution in [0.1, 0.15) is 62.0 Å². The van der Waals surface area contributed by atoms with Crippen LogP contribution in [0.4, 0.5) is 4.79 Å². The molecule has 1 aromatic carbocycles. The van der Waals surface area contributed by atoms with Gasteiger partial charge < -0.3 is 30.1 Å². The molecule has 11 nitrogen and oxygen atoms in total. The summed E-state index contributed by atoms with van der Waals surface area (Å²) in [6.45, 7) is 6.79. The lowest BCUT2D eigenvalue weighted by Crippen LogP contribution is -2.57. The summed E-state index contributed by atoms with van der Waals surface area (Å²) in [5.74, 6) is -2.90. The van der Waals surface area contributed by atoms with Gasteiger partial charge in [-0.05, 0) is 37.8 Å². The van der Waals surface area contributed by atoms with Crippen LogP contribution in [-0.4, -0.2) is 83.2 Å². The van der Waals surface area contributed by atoms with E-state index in [0.717, 1.165) is 0 Å². The van der Waals surface area contributed by atoms with Crippen LogP contribution >= 0.6 is 0 Å². The van der Waals surface area contributed by atoms with Crippen molar-refractivity contribution in [3.63, 3.8) is 0 Å². The van der Waals surface area contributed by atoms with Crippen molar-refractivity contribution in [3.8, 4) is 5.75 Å². The second kappa shape index (κ2) is 12.6. The van der Waals surface area contributed by atoms with E-state index in [-0.39, 0.29) is 74.0 Å². The number of amides is 3. The third kappa shape index (κ3) is 6.32. The standard InChI is InChI=1S/C27H36N4O7/c1-5-38-27(36)31-13-12-30(15-17(31)14-16(2)3)26(35)19(10-11-21(32)33)23-22(25(28)34)24(37-4)18-8-6-7-9-20(18)29-23/h6-9,16-17,19H,5,10-15H2,1-4H3,(H2,28,34)(H,32,33). The maximum atomic E-state index is 14.0. The van der Waals surface area contributed by atoms with E-state index in [2.05, 4.69) is 4.98 Å². The molecule has 2 aromatic rings. The van der Waals surface area contributed by atoms with E-state index in [9.17, 15) is 24.3 Å². The average molecular weight is 529 g/mol. The predicted molar refractivity (Wildman–Crippen MR) is 140 cm³/mol. The van der Waals surface area contributed by atoms with Gasteiger partial charge in [-0.3, -0.25) is 19.4 Å². The molecule has 3 N–H and O–H groups in total. The Kier molecular flexibility index (Phi) is 9.49. The third-order valence-corrected chi connectivity index (χ3v) is 6.64. The molecule has 1 aliphatic heterocycles. The molecule has 2 heterocycles. The van der Waals surface area contributed by atoms with Gasteiger partial charge in [0.1, 0.15) is 11.3 Å². The highest BCUT2D eigenvalue weighted by Crippen LogP contribution is 2.36. The van der Waals surface area contributed by atoms with Gasteiger partial charge in [0.15, 0.2) is 0 Å². The van der Waals surface area contributed by atoms with Crippen LogP contribution in [0, 0.1) is 5.92 Å². The number of aromatic nitrogens is 1. The van der Waals surface area contributed by atoms with Gasteiger partial charge in [0, 0.05) is 31.4 Å². The third-order valence-electron chi connectivity index (χ3n) is 6.64. The normalized spacial score (nSPS) is 16.4. The fourth-order valence-corrected chi connectivity index (χ4v) is 5.02. The van der Waals surface area contributed by atoms with E-state index < -0.39 is 23.9 Å². The van der Waals surface area contributed by atoms with Gasteiger partial charge in [0.2, 0.25) is 5.91 Å². The molecule has 1 aromatic heterocycles. The minimum atomic E-state index is -1.08. The Hall–Kier alpha value is -3.89. The molecule has 0 radical (unpaired) electrons. The number of carboxylic acids is 1. The number of hydrogen-bond acceptors (Lipinski definition) is 7. The van der Waals surface area contributed by atoms with Crippen molar-refractivity contribution in [2.75, 3.05) is 33.4 Å². The van der Waals surface area contributed by atoms with Crippen molar-refractivity contribution in [3.05, 3.63) is 35.5 Å². The lowest BCUT2D eigenvalue weighted by Gasteiger charge is -2.42. The second-order valence-electron chi connectivity index (χ2n) is 9.73. The number of benzene rings is 1. The number of piperazine rings is 1. The van der Waals surface area contributed by atoms with Crippen LogP contribution in [0.2, 0.25) is 0 Å². The molecular formula is C27H36N4O7. The Morgan fingerprint density at radius 2 is 1.89 bits per heavy atom. The SMILES string of the molecule is CCOC(=O)N1CCN(C(=O)C(CCC(=O)O)c2nc3ccccc3c(OC)c2C(N)=O)CC1CC(C)C. The largest absolute Gasteiger partial charge is 0.495 e. The first-order chi connectivity index (χ1) is 18.1. The number of pyridine rings is 1. The summed E-state index contributed by atoms with van der Waals surface area (Å²) >= 11 is 0. The number of rotatable bonds is 10. The molecule has 1 aliphatic rings. The van der Waals surface area contributed by atoms with Gasteiger partial charge >= 0.3 is 12.1 Å². The summed E-state index contributed by atoms with van der Waals surface area (Å²) in [5.41, 5.74) is 6.29. The first-order valence-corrected chi connectivity index (χ1v) is 12.8. The molecule has 0 bridgehead atoms. The van der Waals surface area contributed by atoms with Crippen molar-refractivity contribution in [1.29, 1.82) is 0 Å². The number of carboxylic acid groups (broad SMARTS) is 1. The van der Waals surface area contributed by atoms with Gasteiger partial charge in [-0.2, -0.15) is 0 Å². The number of nitrogens with zero attached hydrogens (tertiary/aromatic N) is 3. The summed E-state index contributed by atoms with van der Waals surface area (Å²) in [6.07, 6.45) is -0.180. The Balaban J connectivity index is 2.06. The zero-order valence-electron chi connectivity index (χ0n) is 22.3. The molecule has 1 saturated heterocycles. The van der Waals surface area contributed by atoms with Crippen LogP contribution in [0.5, 0.6) is 5.75 Å². The lowest BCUT2D eigenvalue weighted by atomic mass is 9.90. The molecule has 0 aliphatic carbocycles. The summed E-state index contributed by atoms with van der Waals surface area (Å²) in [6, 6.07) is 6.71. The van der Waals surface area contributed by atoms with E-state index >= 15 is 0 Å². The molecule has 38 heavy (non-hydrogen) atoms. The first-order valence-electron chi connectivity index (χ1n) is 12.8. The van der Waals surface area contributed by atoms with Crippen molar-refractivity contribution in [1.82, 2.24) is 14.8 Å². The number of ether oxygens (including phenoxy) is 2. The maximum absolute atomic E-state index is 14.0. The zero-order chi connectivity index (χ0) is 28.0. The van der Waals surface area contributed by atoms with Crippen molar-refractivity contribution in [2.24, 2.45) is 11.7 Å². The Labute approximate surface area is 221 Å². The summed E-state index contributed by atoms with van der Waals surface area (Å²) in [4.78, 5) is 58.6.